The van der Waals surface area contributed by atoms with E-state index < -0.39 is 0 Å². The summed E-state index contributed by atoms with van der Waals surface area (Å²) in [4.78, 5) is 79.6. The van der Waals surface area contributed by atoms with Crippen LogP contribution in [0.2, 0.25) is 0 Å². The molecule has 0 N–H and O–H groups in total. The highest BCUT2D eigenvalue weighted by Gasteiger charge is 2.18. The average molecular weight is 1500 g/mol. The van der Waals surface area contributed by atoms with E-state index >= 15 is 0 Å². The third-order valence-electron chi connectivity index (χ3n) is 20.2. The van der Waals surface area contributed by atoms with Gasteiger partial charge in [0.25, 0.3) is 0 Å². The van der Waals surface area contributed by atoms with Gasteiger partial charge in [-0.2, -0.15) is 0 Å². The van der Waals surface area contributed by atoms with Crippen LogP contribution in [0.1, 0.15) is 206 Å². The maximum Gasteiger partial charge on any atom is 0.193 e. The van der Waals surface area contributed by atoms with E-state index in [2.05, 4.69) is 62.9 Å². The molecule has 0 spiro atoms. The quantitative estimate of drug-likeness (QED) is 0.0175. The highest BCUT2D eigenvalue weighted by atomic mass is 16.1. The maximum absolute atomic E-state index is 13.7. The Bertz CT molecular complexity index is 5090. The molecular formula is C102H90N6O6+6. The fraction of sp³-hybridized carbons (Fsp3) is 0.176. The molecule has 6 heterocycles. The van der Waals surface area contributed by atoms with E-state index in [9.17, 15) is 28.8 Å². The van der Waals surface area contributed by atoms with Crippen molar-refractivity contribution >= 4 is 34.7 Å². The van der Waals surface area contributed by atoms with Gasteiger partial charge in [0.05, 0.1) is 0 Å². The van der Waals surface area contributed by atoms with Crippen molar-refractivity contribution in [2.75, 3.05) is 0 Å². The van der Waals surface area contributed by atoms with E-state index in [1.807, 2.05) is 329 Å². The molecule has 0 aliphatic carbocycles. The van der Waals surface area contributed by atoms with Gasteiger partial charge in [-0.15, -0.1) is 0 Å². The maximum atomic E-state index is 13.7. The molecule has 13 rings (SSSR count). The van der Waals surface area contributed by atoms with Gasteiger partial charge in [0.15, 0.2) is 109 Å². The lowest BCUT2D eigenvalue weighted by molar-refractivity contribution is -0.698. The van der Waals surface area contributed by atoms with Gasteiger partial charge in [0.2, 0.25) is 0 Å². The SMILES string of the molecule is O=C(c1ccccc1)c1cc[n+](CCCCCC[n+]2ccc(C(=O)c3ccc(C#Cc4cc(C#Cc5ccc(C(=O)c6cc[n+](CCCCCC[n+]7ccc(C(=O)c8ccccc8)cc7)cc6)cc5)cc(C#Cc5ccc(C(=O)c6cc[n+](CCCCCC[n+]7ccc(C(=O)c8ccccc8)cc7)cc6)cc5)c4)cc3)cc2)cc1. The normalized spacial score (nSPS) is 10.7. The topological polar surface area (TPSA) is 126 Å². The van der Waals surface area contributed by atoms with Crippen molar-refractivity contribution in [1.82, 2.24) is 0 Å². The number of aromatic nitrogens is 6. The molecule has 0 saturated heterocycles. The minimum absolute atomic E-state index is 0.0269. The van der Waals surface area contributed by atoms with E-state index in [0.717, 1.165) is 133 Å². The van der Waals surface area contributed by atoms with Crippen molar-refractivity contribution in [2.24, 2.45) is 0 Å². The fourth-order valence-electron chi connectivity index (χ4n) is 13.5. The molecule has 0 atom stereocenters. The first-order valence-corrected chi connectivity index (χ1v) is 39.4. The van der Waals surface area contributed by atoms with Crippen LogP contribution in [0.15, 0.2) is 329 Å². The molecule has 558 valence electrons. The molecule has 0 aliphatic heterocycles. The van der Waals surface area contributed by atoms with E-state index in [1.54, 1.807) is 0 Å². The van der Waals surface area contributed by atoms with Crippen LogP contribution < -0.4 is 27.4 Å². The van der Waals surface area contributed by atoms with Gasteiger partial charge < -0.3 is 0 Å². The van der Waals surface area contributed by atoms with E-state index in [4.69, 9.17) is 0 Å². The summed E-state index contributed by atoms with van der Waals surface area (Å²) in [6.07, 6.45) is 36.3. The number of rotatable bonds is 33. The second-order valence-electron chi connectivity index (χ2n) is 28.5. The Balaban J connectivity index is 0.602. The first kappa shape index (κ1) is 78.3. The van der Waals surface area contributed by atoms with E-state index in [-0.39, 0.29) is 34.7 Å². The zero-order valence-electron chi connectivity index (χ0n) is 64.0. The zero-order valence-corrected chi connectivity index (χ0v) is 64.0. The number of hydrogen-bond donors (Lipinski definition) is 0. The van der Waals surface area contributed by atoms with Gasteiger partial charge in [-0.3, -0.25) is 28.8 Å². The smallest absolute Gasteiger partial charge is 0.193 e. The molecule has 114 heavy (non-hydrogen) atoms. The van der Waals surface area contributed by atoms with Crippen molar-refractivity contribution in [3.63, 3.8) is 0 Å². The van der Waals surface area contributed by atoms with Crippen LogP contribution >= 0.6 is 0 Å². The minimum atomic E-state index is -0.0724. The van der Waals surface area contributed by atoms with E-state index in [0.29, 0.717) is 83.5 Å². The highest BCUT2D eigenvalue weighted by Crippen LogP contribution is 2.19. The number of ketones is 6. The summed E-state index contributed by atoms with van der Waals surface area (Å²) >= 11 is 0. The first-order valence-electron chi connectivity index (χ1n) is 39.4. The number of carbonyl (C=O) groups excluding carboxylic acids is 6. The molecule has 0 fully saturated rings. The Morgan fingerprint density at radius 3 is 0.491 bits per heavy atom. The number of hydrogen-bond acceptors (Lipinski definition) is 6. The van der Waals surface area contributed by atoms with Crippen molar-refractivity contribution in [2.45, 2.75) is 116 Å². The van der Waals surface area contributed by atoms with Crippen LogP contribution in [0.3, 0.4) is 0 Å². The predicted octanol–water partition coefficient (Wildman–Crippen LogP) is 15.8. The van der Waals surface area contributed by atoms with Gasteiger partial charge in [-0.1, -0.05) is 127 Å². The van der Waals surface area contributed by atoms with Crippen LogP contribution in [0.25, 0.3) is 0 Å². The number of carbonyl (C=O) groups is 6. The minimum Gasteiger partial charge on any atom is -0.289 e. The third-order valence-corrected chi connectivity index (χ3v) is 20.2. The number of pyridine rings is 6. The molecule has 0 radical (unpaired) electrons. The van der Waals surface area contributed by atoms with Gasteiger partial charge in [0.1, 0.15) is 39.3 Å². The van der Waals surface area contributed by atoms with Crippen molar-refractivity contribution < 1.29 is 56.2 Å². The lowest BCUT2D eigenvalue weighted by Crippen LogP contribution is -2.33. The Labute approximate surface area is 668 Å². The van der Waals surface area contributed by atoms with Crippen LogP contribution in [0.5, 0.6) is 0 Å². The summed E-state index contributed by atoms with van der Waals surface area (Å²) in [5.41, 5.74) is 11.9. The molecule has 12 nitrogen and oxygen atoms in total. The second-order valence-corrected chi connectivity index (χ2v) is 28.5. The Morgan fingerprint density at radius 1 is 0.167 bits per heavy atom. The van der Waals surface area contributed by atoms with Crippen LogP contribution in [-0.2, 0) is 39.3 Å². The van der Waals surface area contributed by atoms with Crippen LogP contribution in [-0.4, -0.2) is 34.7 Å². The number of unbranched alkanes of at least 4 members (excludes halogenated alkanes) is 9. The molecule has 12 heteroatoms. The Morgan fingerprint density at radius 2 is 0.316 bits per heavy atom. The van der Waals surface area contributed by atoms with Crippen molar-refractivity contribution in [3.05, 3.63) is 429 Å². The number of benzene rings is 7. The van der Waals surface area contributed by atoms with Crippen molar-refractivity contribution in [3.8, 4) is 35.5 Å². The number of nitrogens with zero attached hydrogens (tertiary/aromatic N) is 6. The average Bonchev–Trinajstić information content (AvgIpc) is 0.871. The molecule has 6 aromatic heterocycles. The highest BCUT2D eigenvalue weighted by molar-refractivity contribution is 6.11. The van der Waals surface area contributed by atoms with Gasteiger partial charge in [-0.25, -0.2) is 27.4 Å². The summed E-state index contributed by atoms with van der Waals surface area (Å²) in [6, 6.07) is 78.4. The summed E-state index contributed by atoms with van der Waals surface area (Å²) < 4.78 is 12.7. The lowest BCUT2D eigenvalue weighted by Gasteiger charge is -2.03. The molecule has 0 aliphatic rings. The zero-order chi connectivity index (χ0) is 78.5. The fourth-order valence-corrected chi connectivity index (χ4v) is 13.5. The predicted molar refractivity (Wildman–Crippen MR) is 439 cm³/mol. The molecule has 0 saturated carbocycles. The molecular weight excluding hydrogens is 1410 g/mol. The van der Waals surface area contributed by atoms with Crippen LogP contribution in [0.4, 0.5) is 0 Å². The Hall–Kier alpha value is -13.9. The Kier molecular flexibility index (Phi) is 27.6. The first-order chi connectivity index (χ1) is 56.0. The summed E-state index contributed by atoms with van der Waals surface area (Å²) in [6.45, 7) is 5.22. The molecule has 0 amide bonds. The standard InChI is InChI=1S/C102H90N6O6/c109-97(85-22-10-7-11-23-85)91-46-64-103(65-47-91)58-16-1-4-19-61-106-70-52-94(53-71-106)100(112)88-40-34-79(35-41-88)28-31-82-76-83(32-29-80-36-42-89(43-37-80)101(113)95-54-72-107(73-55-95)62-20-5-2-17-59-104-66-48-92(49-67-104)98(110)86-24-12-8-13-25-86)78-84(77-82)33-30-81-38-44-90(45-39-81)102(114)96-56-74-108(75-57-96)63-21-6-3-18-60-105-68-50-93(51-69-105)99(111)87-26-14-9-15-27-87/h7-15,22-27,34-57,64-78H,1-6,16-21,58-63H2/q+6. The third kappa shape index (κ3) is 22.7. The summed E-state index contributed by atoms with van der Waals surface area (Å²) in [7, 11) is 0. The van der Waals surface area contributed by atoms with Crippen LogP contribution in [0, 0.1) is 35.5 Å². The largest absolute Gasteiger partial charge is 0.289 e. The summed E-state index contributed by atoms with van der Waals surface area (Å²) in [5.74, 6) is 19.7. The molecule has 13 aromatic rings. The molecule has 0 unspecified atom stereocenters. The lowest BCUT2D eigenvalue weighted by atomic mass is 10.0. The summed E-state index contributed by atoms with van der Waals surface area (Å²) in [5, 5.41) is 0. The van der Waals surface area contributed by atoms with Gasteiger partial charge in [0, 0.05) is 211 Å². The second kappa shape index (κ2) is 40.2. The number of aryl methyl sites for hydroxylation is 6. The molecule has 0 bridgehead atoms. The monoisotopic (exact) mass is 1490 g/mol. The van der Waals surface area contributed by atoms with E-state index in [1.165, 1.54) is 0 Å². The molecule has 7 aromatic carbocycles. The van der Waals surface area contributed by atoms with Crippen molar-refractivity contribution in [1.29, 1.82) is 0 Å². The van der Waals surface area contributed by atoms with Gasteiger partial charge >= 0.3 is 0 Å². The van der Waals surface area contributed by atoms with Gasteiger partial charge in [-0.05, 0) is 130 Å².